The third kappa shape index (κ3) is 2.57. The second-order valence-corrected chi connectivity index (χ2v) is 5.74. The van der Waals surface area contributed by atoms with Crippen molar-refractivity contribution in [3.63, 3.8) is 0 Å². The lowest BCUT2D eigenvalue weighted by molar-refractivity contribution is -0.128. The predicted molar refractivity (Wildman–Crippen MR) is 65.1 cm³/mol. The summed E-state index contributed by atoms with van der Waals surface area (Å²) in [6.45, 7) is 6.33. The van der Waals surface area contributed by atoms with Crippen molar-refractivity contribution in [1.82, 2.24) is 10.2 Å². The van der Waals surface area contributed by atoms with Crippen LogP contribution in [0.3, 0.4) is 0 Å². The Morgan fingerprint density at radius 1 is 1.38 bits per heavy atom. The lowest BCUT2D eigenvalue weighted by atomic mass is 9.95. The fourth-order valence-corrected chi connectivity index (χ4v) is 2.64. The normalized spacial score (nSPS) is 27.9. The first-order valence-electron chi connectivity index (χ1n) is 6.57. The molecule has 1 aliphatic carbocycles. The smallest absolute Gasteiger partial charge is 0.222 e. The van der Waals surface area contributed by atoms with Crippen molar-refractivity contribution in [1.29, 1.82) is 0 Å². The molecule has 1 saturated carbocycles. The quantitative estimate of drug-likeness (QED) is 0.767. The summed E-state index contributed by atoms with van der Waals surface area (Å²) in [5, 5.41) is 3.36. The van der Waals surface area contributed by atoms with Gasteiger partial charge in [-0.25, -0.2) is 0 Å². The standard InChI is InChI=1S/C13H24N2O/c1-9(2)11-6-13(16)15(7-11)8-12(14-3)10-4-5-10/h9-12,14H,4-8H2,1-3H3. The molecule has 1 heterocycles. The first-order valence-corrected chi connectivity index (χ1v) is 6.57. The summed E-state index contributed by atoms with van der Waals surface area (Å²) in [4.78, 5) is 14.0. The number of hydrogen-bond donors (Lipinski definition) is 1. The van der Waals surface area contributed by atoms with E-state index in [1.807, 2.05) is 7.05 Å². The first kappa shape index (κ1) is 11.9. The molecule has 1 saturated heterocycles. The second-order valence-electron chi connectivity index (χ2n) is 5.74. The minimum atomic E-state index is 0.361. The molecule has 2 unspecified atom stereocenters. The zero-order valence-corrected chi connectivity index (χ0v) is 10.7. The van der Waals surface area contributed by atoms with Gasteiger partial charge in [0, 0.05) is 25.6 Å². The van der Waals surface area contributed by atoms with Crippen LogP contribution in [0, 0.1) is 17.8 Å². The summed E-state index contributed by atoms with van der Waals surface area (Å²) >= 11 is 0. The average Bonchev–Trinajstić information content (AvgIpc) is 3.00. The molecule has 2 rings (SSSR count). The van der Waals surface area contributed by atoms with E-state index >= 15 is 0 Å². The van der Waals surface area contributed by atoms with Gasteiger partial charge >= 0.3 is 0 Å². The number of hydrogen-bond acceptors (Lipinski definition) is 2. The van der Waals surface area contributed by atoms with Crippen LogP contribution in [0.25, 0.3) is 0 Å². The molecule has 1 N–H and O–H groups in total. The van der Waals surface area contributed by atoms with Crippen molar-refractivity contribution in [2.75, 3.05) is 20.1 Å². The van der Waals surface area contributed by atoms with Crippen molar-refractivity contribution in [3.05, 3.63) is 0 Å². The van der Waals surface area contributed by atoms with E-state index in [1.54, 1.807) is 0 Å². The van der Waals surface area contributed by atoms with Crippen LogP contribution in [-0.4, -0.2) is 37.0 Å². The highest BCUT2D eigenvalue weighted by Crippen LogP contribution is 2.34. The average molecular weight is 224 g/mol. The van der Waals surface area contributed by atoms with Gasteiger partial charge in [0.1, 0.15) is 0 Å². The van der Waals surface area contributed by atoms with Crippen LogP contribution in [-0.2, 0) is 4.79 Å². The lowest BCUT2D eigenvalue weighted by Gasteiger charge is -2.24. The van der Waals surface area contributed by atoms with Crippen LogP contribution in [0.4, 0.5) is 0 Å². The summed E-state index contributed by atoms with van der Waals surface area (Å²) < 4.78 is 0. The Balaban J connectivity index is 1.87. The molecule has 92 valence electrons. The number of nitrogens with one attached hydrogen (secondary N) is 1. The van der Waals surface area contributed by atoms with Crippen LogP contribution in [0.1, 0.15) is 33.1 Å². The van der Waals surface area contributed by atoms with E-state index in [-0.39, 0.29) is 0 Å². The Morgan fingerprint density at radius 3 is 2.50 bits per heavy atom. The van der Waals surface area contributed by atoms with Crippen molar-refractivity contribution >= 4 is 5.91 Å². The molecule has 0 aromatic heterocycles. The van der Waals surface area contributed by atoms with Crippen LogP contribution >= 0.6 is 0 Å². The molecule has 0 aromatic carbocycles. The zero-order valence-electron chi connectivity index (χ0n) is 10.7. The Kier molecular flexibility index (Phi) is 3.53. The summed E-state index contributed by atoms with van der Waals surface area (Å²) in [6, 6.07) is 0.523. The Labute approximate surface area is 98.6 Å². The molecular weight excluding hydrogens is 200 g/mol. The molecule has 1 aliphatic heterocycles. The Hall–Kier alpha value is -0.570. The zero-order chi connectivity index (χ0) is 11.7. The van der Waals surface area contributed by atoms with Gasteiger partial charge in [-0.1, -0.05) is 13.8 Å². The van der Waals surface area contributed by atoms with Gasteiger partial charge in [-0.2, -0.15) is 0 Å². The minimum Gasteiger partial charge on any atom is -0.341 e. The summed E-state index contributed by atoms with van der Waals surface area (Å²) in [7, 11) is 2.02. The number of likely N-dealkylation sites (N-methyl/N-ethyl adjacent to an activating group) is 1. The van der Waals surface area contributed by atoms with E-state index in [1.165, 1.54) is 12.8 Å². The van der Waals surface area contributed by atoms with Gasteiger partial charge < -0.3 is 10.2 Å². The fourth-order valence-electron chi connectivity index (χ4n) is 2.64. The Morgan fingerprint density at radius 2 is 2.06 bits per heavy atom. The molecular formula is C13H24N2O. The maximum absolute atomic E-state index is 11.9. The molecule has 2 fully saturated rings. The molecule has 3 heteroatoms. The molecule has 0 radical (unpaired) electrons. The monoisotopic (exact) mass is 224 g/mol. The van der Waals surface area contributed by atoms with Crippen molar-refractivity contribution in [3.8, 4) is 0 Å². The fraction of sp³-hybridized carbons (Fsp3) is 0.923. The van der Waals surface area contributed by atoms with Gasteiger partial charge in [0.2, 0.25) is 5.91 Å². The van der Waals surface area contributed by atoms with Crippen LogP contribution in [0.15, 0.2) is 0 Å². The summed E-state index contributed by atoms with van der Waals surface area (Å²) in [5.74, 6) is 2.38. The lowest BCUT2D eigenvalue weighted by Crippen LogP contribution is -2.41. The van der Waals surface area contributed by atoms with Gasteiger partial charge in [0.05, 0.1) is 0 Å². The third-order valence-corrected chi connectivity index (χ3v) is 4.17. The van der Waals surface area contributed by atoms with E-state index in [0.29, 0.717) is 23.8 Å². The molecule has 16 heavy (non-hydrogen) atoms. The van der Waals surface area contributed by atoms with Gasteiger partial charge in [-0.15, -0.1) is 0 Å². The number of amides is 1. The third-order valence-electron chi connectivity index (χ3n) is 4.17. The summed E-state index contributed by atoms with van der Waals surface area (Å²) in [5.41, 5.74) is 0. The largest absolute Gasteiger partial charge is 0.341 e. The van der Waals surface area contributed by atoms with Crippen molar-refractivity contribution < 1.29 is 4.79 Å². The summed E-state index contributed by atoms with van der Waals surface area (Å²) in [6.07, 6.45) is 3.43. The van der Waals surface area contributed by atoms with Gasteiger partial charge in [0.25, 0.3) is 0 Å². The maximum Gasteiger partial charge on any atom is 0.222 e. The van der Waals surface area contributed by atoms with E-state index in [4.69, 9.17) is 0 Å². The second kappa shape index (κ2) is 4.74. The van der Waals surface area contributed by atoms with Crippen molar-refractivity contribution in [2.24, 2.45) is 17.8 Å². The highest BCUT2D eigenvalue weighted by molar-refractivity contribution is 5.78. The molecule has 1 amide bonds. The topological polar surface area (TPSA) is 32.3 Å². The molecule has 0 aromatic rings. The van der Waals surface area contributed by atoms with E-state index < -0.39 is 0 Å². The number of nitrogens with zero attached hydrogens (tertiary/aromatic N) is 1. The van der Waals surface area contributed by atoms with Gasteiger partial charge in [-0.3, -0.25) is 4.79 Å². The number of carbonyl (C=O) groups is 1. The van der Waals surface area contributed by atoms with E-state index in [0.717, 1.165) is 25.4 Å². The molecule has 2 atom stereocenters. The first-order chi connectivity index (χ1) is 7.61. The van der Waals surface area contributed by atoms with E-state index in [9.17, 15) is 4.79 Å². The number of carbonyl (C=O) groups excluding carboxylic acids is 1. The van der Waals surface area contributed by atoms with Crippen molar-refractivity contribution in [2.45, 2.75) is 39.2 Å². The van der Waals surface area contributed by atoms with Crippen LogP contribution in [0.2, 0.25) is 0 Å². The van der Waals surface area contributed by atoms with Crippen LogP contribution < -0.4 is 5.32 Å². The Bertz CT molecular complexity index is 261. The number of likely N-dealkylation sites (tertiary alicyclic amines) is 1. The highest BCUT2D eigenvalue weighted by atomic mass is 16.2. The molecule has 0 bridgehead atoms. The SMILES string of the molecule is CNC(CN1CC(C(C)C)CC1=O)C1CC1. The maximum atomic E-state index is 11.9. The molecule has 2 aliphatic rings. The van der Waals surface area contributed by atoms with Gasteiger partial charge in [-0.05, 0) is 37.6 Å². The minimum absolute atomic E-state index is 0.361. The molecule has 3 nitrogen and oxygen atoms in total. The van der Waals surface area contributed by atoms with E-state index in [2.05, 4.69) is 24.1 Å². The van der Waals surface area contributed by atoms with Gasteiger partial charge in [0.15, 0.2) is 0 Å². The highest BCUT2D eigenvalue weighted by Gasteiger charge is 2.36. The predicted octanol–water partition coefficient (Wildman–Crippen LogP) is 1.49. The van der Waals surface area contributed by atoms with Crippen LogP contribution in [0.5, 0.6) is 0 Å². The number of rotatable bonds is 5. The molecule has 0 spiro atoms.